The predicted octanol–water partition coefficient (Wildman–Crippen LogP) is 5.37. The van der Waals surface area contributed by atoms with Gasteiger partial charge in [0.1, 0.15) is 6.61 Å². The number of nitrogens with zero attached hydrogens (tertiary/aromatic N) is 3. The lowest BCUT2D eigenvalue weighted by molar-refractivity contribution is 0.102. The average molecular weight is 449 g/mol. The van der Waals surface area contributed by atoms with Gasteiger partial charge in [-0.2, -0.15) is 0 Å². The molecule has 1 amide bonds. The molecule has 6 nitrogen and oxygen atoms in total. The normalized spacial score (nSPS) is 10.6. The number of aryl methyl sites for hydroxylation is 1. The zero-order valence-electron chi connectivity index (χ0n) is 16.8. The molecule has 0 aliphatic rings. The van der Waals surface area contributed by atoms with Gasteiger partial charge >= 0.3 is 0 Å². The van der Waals surface area contributed by atoms with E-state index in [4.69, 9.17) is 4.74 Å². The lowest BCUT2D eigenvalue weighted by Gasteiger charge is -2.11. The second kappa shape index (κ2) is 10.2. The zero-order valence-corrected chi connectivity index (χ0v) is 18.5. The van der Waals surface area contributed by atoms with E-state index in [9.17, 15) is 4.79 Å². The molecule has 1 N–H and O–H groups in total. The Balaban J connectivity index is 1.36. The highest BCUT2D eigenvalue weighted by atomic mass is 32.2. The van der Waals surface area contributed by atoms with Gasteiger partial charge < -0.3 is 10.1 Å². The molecule has 0 aliphatic heterocycles. The van der Waals surface area contributed by atoms with Crippen LogP contribution in [0.4, 0.5) is 5.82 Å². The molecule has 156 valence electrons. The number of aromatic nitrogens is 3. The van der Waals surface area contributed by atoms with Crippen LogP contribution in [0.2, 0.25) is 0 Å². The topological polar surface area (TPSA) is 77.0 Å². The molecule has 3 heterocycles. The van der Waals surface area contributed by atoms with Crippen LogP contribution in [0.3, 0.4) is 0 Å². The van der Waals surface area contributed by atoms with Gasteiger partial charge in [-0.25, -0.2) is 9.97 Å². The molecule has 0 saturated heterocycles. The third-order valence-corrected chi connectivity index (χ3v) is 6.18. The summed E-state index contributed by atoms with van der Waals surface area (Å²) in [6.45, 7) is 2.37. The van der Waals surface area contributed by atoms with Crippen LogP contribution >= 0.6 is 23.1 Å². The standard InChI is InChI=1S/C23H20N4O2S2/c1-16-26-19(14-30-16)15-31-20-6-4-18(5-7-20)23(28)27-22-21(3-2-10-25-22)29-13-17-8-11-24-12-9-17/h2-12,14H,13,15H2,1H3,(H,25,27,28). The Bertz CT molecular complexity index is 1150. The van der Waals surface area contributed by atoms with E-state index in [1.54, 1.807) is 53.8 Å². The quantitative estimate of drug-likeness (QED) is 0.366. The van der Waals surface area contributed by atoms with Gasteiger partial charge in [0.2, 0.25) is 0 Å². The molecule has 8 heteroatoms. The predicted molar refractivity (Wildman–Crippen MR) is 124 cm³/mol. The number of thioether (sulfide) groups is 1. The number of thiazole rings is 1. The van der Waals surface area contributed by atoms with Crippen molar-refractivity contribution in [3.05, 3.63) is 94.3 Å². The molecular formula is C23H20N4O2S2. The summed E-state index contributed by atoms with van der Waals surface area (Å²) < 4.78 is 5.84. The minimum Gasteiger partial charge on any atom is -0.485 e. The van der Waals surface area contributed by atoms with Crippen molar-refractivity contribution in [1.82, 2.24) is 15.0 Å². The van der Waals surface area contributed by atoms with Crippen molar-refractivity contribution in [3.8, 4) is 5.75 Å². The summed E-state index contributed by atoms with van der Waals surface area (Å²) in [6.07, 6.45) is 5.05. The molecule has 0 radical (unpaired) electrons. The molecule has 4 aromatic rings. The molecule has 0 unspecified atom stereocenters. The zero-order chi connectivity index (χ0) is 21.5. The summed E-state index contributed by atoms with van der Waals surface area (Å²) in [7, 11) is 0. The van der Waals surface area contributed by atoms with E-state index in [1.807, 2.05) is 43.3 Å². The Morgan fingerprint density at radius 2 is 1.90 bits per heavy atom. The molecule has 4 rings (SSSR count). The Labute approximate surface area is 188 Å². The van der Waals surface area contributed by atoms with E-state index in [-0.39, 0.29) is 5.91 Å². The summed E-state index contributed by atoms with van der Waals surface area (Å²) in [4.78, 5) is 26.5. The van der Waals surface area contributed by atoms with E-state index in [1.165, 1.54) is 0 Å². The highest BCUT2D eigenvalue weighted by molar-refractivity contribution is 7.98. The lowest BCUT2D eigenvalue weighted by atomic mass is 10.2. The number of carbonyl (C=O) groups excluding carboxylic acids is 1. The molecule has 31 heavy (non-hydrogen) atoms. The van der Waals surface area contributed by atoms with Crippen LogP contribution in [-0.2, 0) is 12.4 Å². The van der Waals surface area contributed by atoms with Crippen LogP contribution in [0.25, 0.3) is 0 Å². The summed E-state index contributed by atoms with van der Waals surface area (Å²) in [5, 5.41) is 5.99. The number of anilines is 1. The van der Waals surface area contributed by atoms with Gasteiger partial charge in [-0.1, -0.05) is 0 Å². The maximum absolute atomic E-state index is 12.7. The fourth-order valence-corrected chi connectivity index (χ4v) is 4.26. The van der Waals surface area contributed by atoms with Gasteiger partial charge in [0.05, 0.1) is 10.7 Å². The number of ether oxygens (including phenoxy) is 1. The molecular weight excluding hydrogens is 428 g/mol. The van der Waals surface area contributed by atoms with Crippen LogP contribution in [0.1, 0.15) is 26.6 Å². The number of hydrogen-bond donors (Lipinski definition) is 1. The first-order chi connectivity index (χ1) is 15.2. The summed E-state index contributed by atoms with van der Waals surface area (Å²) in [6, 6.07) is 14.8. The van der Waals surface area contributed by atoms with Crippen molar-refractivity contribution in [2.75, 3.05) is 5.32 Å². The minimum absolute atomic E-state index is 0.237. The molecule has 3 aromatic heterocycles. The maximum atomic E-state index is 12.7. The highest BCUT2D eigenvalue weighted by Gasteiger charge is 2.12. The molecule has 1 aromatic carbocycles. The van der Waals surface area contributed by atoms with E-state index >= 15 is 0 Å². The van der Waals surface area contributed by atoms with E-state index in [0.717, 1.165) is 26.9 Å². The van der Waals surface area contributed by atoms with Gasteiger partial charge in [0, 0.05) is 40.2 Å². The van der Waals surface area contributed by atoms with E-state index in [2.05, 4.69) is 25.6 Å². The highest BCUT2D eigenvalue weighted by Crippen LogP contribution is 2.25. The van der Waals surface area contributed by atoms with Crippen LogP contribution < -0.4 is 10.1 Å². The Morgan fingerprint density at radius 1 is 1.10 bits per heavy atom. The largest absolute Gasteiger partial charge is 0.485 e. The van der Waals surface area contributed by atoms with Gasteiger partial charge in [-0.15, -0.1) is 23.1 Å². The molecule has 0 fully saturated rings. The number of rotatable bonds is 8. The first-order valence-electron chi connectivity index (χ1n) is 9.59. The van der Waals surface area contributed by atoms with Crippen LogP contribution in [-0.4, -0.2) is 20.9 Å². The van der Waals surface area contributed by atoms with E-state index in [0.29, 0.717) is 23.7 Å². The third-order valence-electron chi connectivity index (χ3n) is 4.32. The van der Waals surface area contributed by atoms with Crippen molar-refractivity contribution in [2.45, 2.75) is 24.2 Å². The summed E-state index contributed by atoms with van der Waals surface area (Å²) in [5.41, 5.74) is 2.61. The SMILES string of the molecule is Cc1nc(CSc2ccc(C(=O)Nc3ncccc3OCc3ccncc3)cc2)cs1. The monoisotopic (exact) mass is 448 g/mol. The molecule has 0 bridgehead atoms. The van der Waals surface area contributed by atoms with Crippen LogP contribution in [0.15, 0.2) is 77.4 Å². The Kier molecular flexibility index (Phi) is 6.91. The van der Waals surface area contributed by atoms with Crippen LogP contribution in [0, 0.1) is 6.92 Å². The lowest BCUT2D eigenvalue weighted by Crippen LogP contribution is -2.14. The van der Waals surface area contributed by atoms with Gasteiger partial charge in [-0.05, 0) is 61.0 Å². The smallest absolute Gasteiger partial charge is 0.256 e. The number of benzene rings is 1. The van der Waals surface area contributed by atoms with Crippen molar-refractivity contribution in [2.24, 2.45) is 0 Å². The molecule has 0 spiro atoms. The first-order valence-corrected chi connectivity index (χ1v) is 11.5. The minimum atomic E-state index is -0.237. The number of amides is 1. The molecule has 0 saturated carbocycles. The molecule has 0 atom stereocenters. The number of nitrogens with one attached hydrogen (secondary N) is 1. The average Bonchev–Trinajstić information content (AvgIpc) is 3.23. The second-order valence-electron chi connectivity index (χ2n) is 6.62. The van der Waals surface area contributed by atoms with Crippen molar-refractivity contribution in [1.29, 1.82) is 0 Å². The van der Waals surface area contributed by atoms with Crippen molar-refractivity contribution >= 4 is 34.8 Å². The number of carbonyl (C=O) groups is 1. The first kappa shape index (κ1) is 21.0. The van der Waals surface area contributed by atoms with E-state index < -0.39 is 0 Å². The summed E-state index contributed by atoms with van der Waals surface area (Å²) >= 11 is 3.35. The summed E-state index contributed by atoms with van der Waals surface area (Å²) in [5.74, 6) is 1.47. The van der Waals surface area contributed by atoms with Gasteiger partial charge in [-0.3, -0.25) is 9.78 Å². The van der Waals surface area contributed by atoms with Crippen LogP contribution in [0.5, 0.6) is 5.75 Å². The second-order valence-corrected chi connectivity index (χ2v) is 8.73. The fraction of sp³-hybridized carbons (Fsp3) is 0.130. The van der Waals surface area contributed by atoms with Crippen molar-refractivity contribution < 1.29 is 9.53 Å². The Hall–Kier alpha value is -3.23. The third kappa shape index (κ3) is 5.90. The van der Waals surface area contributed by atoms with Crippen molar-refractivity contribution in [3.63, 3.8) is 0 Å². The fourth-order valence-electron chi connectivity index (χ4n) is 2.76. The van der Waals surface area contributed by atoms with Gasteiger partial charge in [0.25, 0.3) is 5.91 Å². The maximum Gasteiger partial charge on any atom is 0.256 e. The van der Waals surface area contributed by atoms with Gasteiger partial charge in [0.15, 0.2) is 11.6 Å². The Morgan fingerprint density at radius 3 is 2.65 bits per heavy atom. The molecule has 0 aliphatic carbocycles. The number of hydrogen-bond acceptors (Lipinski definition) is 7. The number of pyridine rings is 2.